The van der Waals surface area contributed by atoms with Gasteiger partial charge in [0.05, 0.1) is 22.8 Å². The number of rotatable bonds is 6. The lowest BCUT2D eigenvalue weighted by Gasteiger charge is -2.40. The summed E-state index contributed by atoms with van der Waals surface area (Å²) in [5.74, 6) is 6.15. The molecule has 1 heterocycles. The highest BCUT2D eigenvalue weighted by atomic mass is 32.1. The molecule has 0 aromatic carbocycles. The van der Waals surface area contributed by atoms with Crippen molar-refractivity contribution in [1.29, 1.82) is 0 Å². The average molecular weight is 514 g/mol. The van der Waals surface area contributed by atoms with Crippen LogP contribution in [0.25, 0.3) is 0 Å². The first-order valence-electron chi connectivity index (χ1n) is 14.0. The second kappa shape index (κ2) is 11.7. The van der Waals surface area contributed by atoms with Gasteiger partial charge in [-0.05, 0) is 97.0 Å². The number of thiophene rings is 1. The van der Waals surface area contributed by atoms with Gasteiger partial charge in [-0.1, -0.05) is 31.6 Å². The number of hydrogen-bond acceptors (Lipinski definition) is 4. The fourth-order valence-electron chi connectivity index (χ4n) is 5.96. The summed E-state index contributed by atoms with van der Waals surface area (Å²) in [5.41, 5.74) is 0.369. The van der Waals surface area contributed by atoms with E-state index in [0.29, 0.717) is 22.6 Å². The van der Waals surface area contributed by atoms with Crippen LogP contribution >= 0.6 is 11.3 Å². The van der Waals surface area contributed by atoms with E-state index in [2.05, 4.69) is 18.8 Å². The number of amides is 1. The molecule has 0 spiro atoms. The molecule has 3 saturated carbocycles. The van der Waals surface area contributed by atoms with Gasteiger partial charge >= 0.3 is 5.97 Å². The van der Waals surface area contributed by atoms with Crippen LogP contribution < -0.4 is 4.90 Å². The molecule has 0 radical (unpaired) electrons. The molecule has 6 heteroatoms. The fourth-order valence-corrected chi connectivity index (χ4v) is 6.80. The van der Waals surface area contributed by atoms with Gasteiger partial charge in [-0.15, -0.1) is 11.3 Å². The standard InChI is InChI=1S/C30H43NO4S/c1-20-9-11-21(12-10-20)28(32)31(22-13-15-24(16-14-22)35-23-7-5-6-8-23)26-19-25(17-18-30(2,3)4)36-27(26)29(33)34/h19-24H,5-16H2,1-4H3,(H,33,34)/t20-,21-,22-,24-. The minimum absolute atomic E-state index is 0.0106. The van der Waals surface area contributed by atoms with Gasteiger partial charge in [0.1, 0.15) is 4.88 Å². The second-order valence-corrected chi connectivity index (χ2v) is 13.3. The molecule has 1 aromatic rings. The van der Waals surface area contributed by atoms with Gasteiger partial charge < -0.3 is 14.7 Å². The lowest BCUT2D eigenvalue weighted by Crippen LogP contribution is -2.47. The van der Waals surface area contributed by atoms with Crippen molar-refractivity contribution >= 4 is 28.9 Å². The Morgan fingerprint density at radius 1 is 0.972 bits per heavy atom. The van der Waals surface area contributed by atoms with Crippen molar-refractivity contribution < 1.29 is 19.4 Å². The van der Waals surface area contributed by atoms with Crippen LogP contribution in [0.3, 0.4) is 0 Å². The van der Waals surface area contributed by atoms with Crippen molar-refractivity contribution in [3.8, 4) is 11.8 Å². The predicted octanol–water partition coefficient (Wildman–Crippen LogP) is 7.27. The van der Waals surface area contributed by atoms with Crippen LogP contribution in [0.1, 0.15) is 119 Å². The van der Waals surface area contributed by atoms with E-state index in [4.69, 9.17) is 4.74 Å². The topological polar surface area (TPSA) is 66.8 Å². The van der Waals surface area contributed by atoms with Crippen molar-refractivity contribution in [3.05, 3.63) is 15.8 Å². The molecule has 0 atom stereocenters. The van der Waals surface area contributed by atoms with Crippen LogP contribution in [0.15, 0.2) is 6.07 Å². The first kappa shape index (κ1) is 27.2. The maximum atomic E-state index is 14.0. The fraction of sp³-hybridized carbons (Fsp3) is 0.733. The third kappa shape index (κ3) is 6.92. The monoisotopic (exact) mass is 513 g/mol. The molecule has 0 aliphatic heterocycles. The molecular formula is C30H43NO4S. The highest BCUT2D eigenvalue weighted by molar-refractivity contribution is 7.15. The van der Waals surface area contributed by atoms with E-state index in [9.17, 15) is 14.7 Å². The summed E-state index contributed by atoms with van der Waals surface area (Å²) in [7, 11) is 0. The lowest BCUT2D eigenvalue weighted by molar-refractivity contribution is -0.124. The molecule has 3 aliphatic rings. The smallest absolute Gasteiger partial charge is 0.348 e. The third-order valence-electron chi connectivity index (χ3n) is 8.03. The Balaban J connectivity index is 1.60. The maximum Gasteiger partial charge on any atom is 0.348 e. The normalized spacial score (nSPS) is 27.3. The van der Waals surface area contributed by atoms with Crippen molar-refractivity contribution in [1.82, 2.24) is 0 Å². The quantitative estimate of drug-likeness (QED) is 0.406. The van der Waals surface area contributed by atoms with Gasteiger partial charge in [0.2, 0.25) is 5.91 Å². The molecule has 5 nitrogen and oxygen atoms in total. The summed E-state index contributed by atoms with van der Waals surface area (Å²) in [6.45, 7) is 8.38. The number of carboxylic acid groups (broad SMARTS) is 1. The highest BCUT2D eigenvalue weighted by Crippen LogP contribution is 2.39. The summed E-state index contributed by atoms with van der Waals surface area (Å²) in [6, 6.07) is 1.87. The summed E-state index contributed by atoms with van der Waals surface area (Å²) >= 11 is 1.20. The predicted molar refractivity (Wildman–Crippen MR) is 146 cm³/mol. The van der Waals surface area contributed by atoms with E-state index >= 15 is 0 Å². The van der Waals surface area contributed by atoms with E-state index < -0.39 is 5.97 Å². The van der Waals surface area contributed by atoms with Crippen LogP contribution in [0.5, 0.6) is 0 Å². The molecule has 4 rings (SSSR count). The number of aromatic carboxylic acids is 1. The number of carboxylic acids is 1. The Morgan fingerprint density at radius 3 is 2.17 bits per heavy atom. The molecule has 198 valence electrons. The minimum Gasteiger partial charge on any atom is -0.477 e. The van der Waals surface area contributed by atoms with Gasteiger partial charge in [-0.2, -0.15) is 0 Å². The summed E-state index contributed by atoms with van der Waals surface area (Å²) in [4.78, 5) is 29.2. The third-order valence-corrected chi connectivity index (χ3v) is 9.05. The Kier molecular flexibility index (Phi) is 8.83. The Morgan fingerprint density at radius 2 is 1.58 bits per heavy atom. The Hall–Kier alpha value is -1.84. The number of anilines is 1. The molecule has 1 amide bonds. The Bertz CT molecular complexity index is 975. The zero-order valence-electron chi connectivity index (χ0n) is 22.5. The van der Waals surface area contributed by atoms with Crippen molar-refractivity contribution in [2.75, 3.05) is 4.90 Å². The summed E-state index contributed by atoms with van der Waals surface area (Å²) in [5, 5.41) is 10.1. The van der Waals surface area contributed by atoms with Crippen molar-refractivity contribution in [2.24, 2.45) is 17.3 Å². The van der Waals surface area contributed by atoms with Gasteiger partial charge in [0.15, 0.2) is 0 Å². The Labute approximate surface area is 221 Å². The van der Waals surface area contributed by atoms with Gasteiger partial charge in [0.25, 0.3) is 0 Å². The van der Waals surface area contributed by atoms with Crippen LogP contribution in [0, 0.1) is 29.1 Å². The van der Waals surface area contributed by atoms with E-state index in [0.717, 1.165) is 51.4 Å². The first-order valence-corrected chi connectivity index (χ1v) is 14.8. The number of carbonyl (C=O) groups is 2. The van der Waals surface area contributed by atoms with Crippen molar-refractivity contribution in [3.63, 3.8) is 0 Å². The van der Waals surface area contributed by atoms with E-state index in [1.165, 1.54) is 37.0 Å². The van der Waals surface area contributed by atoms with Crippen LogP contribution in [0.2, 0.25) is 0 Å². The number of hydrogen-bond donors (Lipinski definition) is 1. The van der Waals surface area contributed by atoms with E-state index in [1.807, 2.05) is 31.7 Å². The molecule has 1 aromatic heterocycles. The SMILES string of the molecule is CC(C)(C)C#Cc1cc(N(C(=O)[C@H]2CC[C@H](C)CC2)[C@H]2CC[C@H](OC3CCCC3)CC2)c(C(=O)O)s1. The molecule has 0 saturated heterocycles. The molecule has 3 aliphatic carbocycles. The highest BCUT2D eigenvalue weighted by Gasteiger charge is 2.38. The lowest BCUT2D eigenvalue weighted by atomic mass is 9.81. The summed E-state index contributed by atoms with van der Waals surface area (Å²) in [6.07, 6.45) is 13.0. The van der Waals surface area contributed by atoms with Crippen molar-refractivity contribution in [2.45, 2.75) is 123 Å². The van der Waals surface area contributed by atoms with Crippen LogP contribution in [0.4, 0.5) is 5.69 Å². The molecule has 36 heavy (non-hydrogen) atoms. The minimum atomic E-state index is -0.980. The zero-order valence-corrected chi connectivity index (χ0v) is 23.3. The maximum absolute atomic E-state index is 14.0. The molecule has 0 unspecified atom stereocenters. The number of ether oxygens (including phenoxy) is 1. The molecule has 3 fully saturated rings. The average Bonchev–Trinajstić information content (AvgIpc) is 3.49. The molecule has 0 bridgehead atoms. The zero-order chi connectivity index (χ0) is 25.9. The van der Waals surface area contributed by atoms with Gasteiger partial charge in [0, 0.05) is 17.4 Å². The molecular weight excluding hydrogens is 470 g/mol. The number of nitrogens with zero attached hydrogens (tertiary/aromatic N) is 1. The van der Waals surface area contributed by atoms with Gasteiger partial charge in [-0.3, -0.25) is 4.79 Å². The number of carbonyl (C=O) groups excluding carboxylic acids is 1. The van der Waals surface area contributed by atoms with Crippen LogP contribution in [-0.4, -0.2) is 35.2 Å². The summed E-state index contributed by atoms with van der Waals surface area (Å²) < 4.78 is 6.39. The van der Waals surface area contributed by atoms with Crippen LogP contribution in [-0.2, 0) is 9.53 Å². The second-order valence-electron chi connectivity index (χ2n) is 12.3. The largest absolute Gasteiger partial charge is 0.477 e. The van der Waals surface area contributed by atoms with Gasteiger partial charge in [-0.25, -0.2) is 4.79 Å². The van der Waals surface area contributed by atoms with E-state index in [1.54, 1.807) is 0 Å². The van der Waals surface area contributed by atoms with E-state index in [-0.39, 0.29) is 34.3 Å². The molecule has 1 N–H and O–H groups in total. The first-order chi connectivity index (χ1) is 17.1.